The highest BCUT2D eigenvalue weighted by Crippen LogP contribution is 2.37. The molecule has 0 atom stereocenters. The summed E-state index contributed by atoms with van der Waals surface area (Å²) >= 11 is 0. The Balaban J connectivity index is 2.21. The highest BCUT2D eigenvalue weighted by molar-refractivity contribution is 5.82. The number of imidazole rings is 1. The largest absolute Gasteiger partial charge is 0.493 e. The Morgan fingerprint density at radius 1 is 1.15 bits per heavy atom. The van der Waals surface area contributed by atoms with Gasteiger partial charge in [-0.1, -0.05) is 0 Å². The maximum absolute atomic E-state index is 5.27. The van der Waals surface area contributed by atoms with Gasteiger partial charge in [0.25, 0.3) is 0 Å². The van der Waals surface area contributed by atoms with Crippen molar-refractivity contribution in [2.45, 2.75) is 0 Å². The maximum atomic E-state index is 5.27. The van der Waals surface area contributed by atoms with Crippen molar-refractivity contribution < 1.29 is 14.2 Å². The lowest BCUT2D eigenvalue weighted by Gasteiger charge is -2.12. The highest BCUT2D eigenvalue weighted by Gasteiger charge is 2.12. The monoisotopic (exact) mass is 276 g/mol. The summed E-state index contributed by atoms with van der Waals surface area (Å²) in [6.07, 6.45) is 4.97. The zero-order valence-corrected chi connectivity index (χ0v) is 11.5. The van der Waals surface area contributed by atoms with Gasteiger partial charge in [-0.3, -0.25) is 0 Å². The highest BCUT2D eigenvalue weighted by atomic mass is 16.5. The number of anilines is 1. The molecule has 0 bridgehead atoms. The van der Waals surface area contributed by atoms with Gasteiger partial charge in [0, 0.05) is 18.0 Å². The van der Waals surface area contributed by atoms with Gasteiger partial charge >= 0.3 is 0 Å². The average molecular weight is 276 g/mol. The number of hydrogen-bond donors (Lipinski definition) is 2. The molecule has 0 amide bonds. The molecule has 0 aliphatic heterocycles. The van der Waals surface area contributed by atoms with Crippen molar-refractivity contribution in [1.29, 1.82) is 0 Å². The molecule has 0 saturated heterocycles. The van der Waals surface area contributed by atoms with Gasteiger partial charge in [0.2, 0.25) is 11.7 Å². The molecule has 2 N–H and O–H groups in total. The molecule has 0 saturated carbocycles. The van der Waals surface area contributed by atoms with Gasteiger partial charge in [-0.25, -0.2) is 10.4 Å². The molecule has 0 fully saturated rings. The normalized spacial score (nSPS) is 10.6. The van der Waals surface area contributed by atoms with Crippen LogP contribution in [-0.2, 0) is 0 Å². The number of nitrogens with one attached hydrogen (secondary N) is 2. The fourth-order valence-electron chi connectivity index (χ4n) is 1.67. The summed E-state index contributed by atoms with van der Waals surface area (Å²) in [5.74, 6) is 2.26. The molecule has 2 rings (SSSR count). The Morgan fingerprint density at radius 2 is 1.85 bits per heavy atom. The van der Waals surface area contributed by atoms with Crippen molar-refractivity contribution in [3.8, 4) is 17.2 Å². The van der Waals surface area contributed by atoms with Crippen molar-refractivity contribution in [3.05, 3.63) is 30.1 Å². The first kappa shape index (κ1) is 13.7. The summed E-state index contributed by atoms with van der Waals surface area (Å²) in [6, 6.07) is 3.60. The first-order chi connectivity index (χ1) is 9.78. The minimum Gasteiger partial charge on any atom is -0.493 e. The van der Waals surface area contributed by atoms with E-state index in [4.69, 9.17) is 14.2 Å². The van der Waals surface area contributed by atoms with E-state index in [0.29, 0.717) is 23.2 Å². The first-order valence-corrected chi connectivity index (χ1v) is 5.87. The van der Waals surface area contributed by atoms with Crippen LogP contribution in [0.2, 0.25) is 0 Å². The molecule has 0 unspecified atom stereocenters. The molecule has 1 heterocycles. The molecule has 0 aliphatic carbocycles. The minimum atomic E-state index is 0.547. The van der Waals surface area contributed by atoms with Crippen LogP contribution in [0.3, 0.4) is 0 Å². The SMILES string of the molecule is COc1cc(C=NNc2ncc[nH]2)cc(OC)c1OC. The molecular weight excluding hydrogens is 260 g/mol. The average Bonchev–Trinajstić information content (AvgIpc) is 2.99. The Hall–Kier alpha value is -2.70. The number of ether oxygens (including phenoxy) is 3. The van der Waals surface area contributed by atoms with E-state index in [0.717, 1.165) is 5.56 Å². The summed E-state index contributed by atoms with van der Waals surface area (Å²) in [7, 11) is 4.70. The van der Waals surface area contributed by atoms with E-state index < -0.39 is 0 Å². The molecular formula is C13H16N4O3. The van der Waals surface area contributed by atoms with E-state index >= 15 is 0 Å². The second-order valence-electron chi connectivity index (χ2n) is 3.77. The van der Waals surface area contributed by atoms with Crippen LogP contribution in [0.1, 0.15) is 5.56 Å². The molecule has 7 heteroatoms. The van der Waals surface area contributed by atoms with E-state index in [9.17, 15) is 0 Å². The predicted octanol–water partition coefficient (Wildman–Crippen LogP) is 1.88. The van der Waals surface area contributed by atoms with E-state index in [1.807, 2.05) is 0 Å². The van der Waals surface area contributed by atoms with Crippen molar-refractivity contribution in [2.75, 3.05) is 26.8 Å². The van der Waals surface area contributed by atoms with Crippen LogP contribution in [0.15, 0.2) is 29.6 Å². The molecule has 0 aliphatic rings. The maximum Gasteiger partial charge on any atom is 0.220 e. The third-order valence-electron chi connectivity index (χ3n) is 2.57. The van der Waals surface area contributed by atoms with Crippen molar-refractivity contribution in [3.63, 3.8) is 0 Å². The Morgan fingerprint density at radius 3 is 2.35 bits per heavy atom. The van der Waals surface area contributed by atoms with Gasteiger partial charge in [0.05, 0.1) is 27.5 Å². The van der Waals surface area contributed by atoms with Gasteiger partial charge in [-0.05, 0) is 12.1 Å². The zero-order valence-electron chi connectivity index (χ0n) is 11.5. The van der Waals surface area contributed by atoms with Gasteiger partial charge in [-0.2, -0.15) is 5.10 Å². The Bertz CT molecular complexity index is 556. The topological polar surface area (TPSA) is 80.8 Å². The zero-order chi connectivity index (χ0) is 14.4. The molecule has 2 aromatic rings. The number of aromatic amines is 1. The lowest BCUT2D eigenvalue weighted by molar-refractivity contribution is 0.324. The fourth-order valence-corrected chi connectivity index (χ4v) is 1.67. The number of hydrogen-bond acceptors (Lipinski definition) is 6. The van der Waals surface area contributed by atoms with Crippen LogP contribution in [-0.4, -0.2) is 37.5 Å². The number of hydrazone groups is 1. The standard InChI is InChI=1S/C13H16N4O3/c1-18-10-6-9(7-11(19-2)12(10)20-3)8-16-17-13-14-4-5-15-13/h4-8H,1-3H3,(H2,14,15,17). The van der Waals surface area contributed by atoms with Crippen LogP contribution in [0.25, 0.3) is 0 Å². The molecule has 106 valence electrons. The molecule has 1 aromatic heterocycles. The molecule has 20 heavy (non-hydrogen) atoms. The van der Waals surface area contributed by atoms with Crippen molar-refractivity contribution in [1.82, 2.24) is 9.97 Å². The number of H-pyrrole nitrogens is 1. The van der Waals surface area contributed by atoms with Crippen molar-refractivity contribution in [2.24, 2.45) is 5.10 Å². The second-order valence-corrected chi connectivity index (χ2v) is 3.77. The number of aromatic nitrogens is 2. The van der Waals surface area contributed by atoms with Gasteiger partial charge in [-0.15, -0.1) is 0 Å². The fraction of sp³-hybridized carbons (Fsp3) is 0.231. The number of rotatable bonds is 6. The van der Waals surface area contributed by atoms with Crippen LogP contribution in [0.5, 0.6) is 17.2 Å². The smallest absolute Gasteiger partial charge is 0.220 e. The van der Waals surface area contributed by atoms with E-state index in [2.05, 4.69) is 20.5 Å². The van der Waals surface area contributed by atoms with E-state index in [1.54, 1.807) is 52.1 Å². The van der Waals surface area contributed by atoms with Gasteiger partial charge in [0.1, 0.15) is 0 Å². The van der Waals surface area contributed by atoms with Crippen LogP contribution < -0.4 is 19.6 Å². The quantitative estimate of drug-likeness (QED) is 0.622. The number of nitrogens with zero attached hydrogens (tertiary/aromatic N) is 2. The van der Waals surface area contributed by atoms with Crippen LogP contribution in [0, 0.1) is 0 Å². The summed E-state index contributed by atoms with van der Waals surface area (Å²) in [4.78, 5) is 6.87. The Labute approximate surface area is 116 Å². The number of benzene rings is 1. The molecule has 7 nitrogen and oxygen atoms in total. The van der Waals surface area contributed by atoms with E-state index in [-0.39, 0.29) is 0 Å². The van der Waals surface area contributed by atoms with Crippen LogP contribution >= 0.6 is 0 Å². The summed E-state index contributed by atoms with van der Waals surface area (Å²) in [5, 5.41) is 4.07. The minimum absolute atomic E-state index is 0.547. The Kier molecular flexibility index (Phi) is 4.43. The lowest BCUT2D eigenvalue weighted by atomic mass is 10.2. The molecule has 1 aromatic carbocycles. The van der Waals surface area contributed by atoms with E-state index in [1.165, 1.54) is 0 Å². The summed E-state index contributed by atoms with van der Waals surface area (Å²) in [6.45, 7) is 0. The second kappa shape index (κ2) is 6.46. The third-order valence-corrected chi connectivity index (χ3v) is 2.57. The predicted molar refractivity (Wildman–Crippen MR) is 75.9 cm³/mol. The van der Waals surface area contributed by atoms with Crippen molar-refractivity contribution >= 4 is 12.2 Å². The summed E-state index contributed by atoms with van der Waals surface area (Å²) < 4.78 is 15.8. The van der Waals surface area contributed by atoms with Gasteiger partial charge in [0.15, 0.2) is 11.5 Å². The first-order valence-electron chi connectivity index (χ1n) is 5.87. The lowest BCUT2D eigenvalue weighted by Crippen LogP contribution is -1.98. The molecule has 0 spiro atoms. The number of methoxy groups -OCH3 is 3. The third kappa shape index (κ3) is 3.00. The van der Waals surface area contributed by atoms with Gasteiger partial charge < -0.3 is 19.2 Å². The summed E-state index contributed by atoms with van der Waals surface area (Å²) in [5.41, 5.74) is 3.57. The molecule has 0 radical (unpaired) electrons. The van der Waals surface area contributed by atoms with Crippen LogP contribution in [0.4, 0.5) is 5.95 Å².